The molecule has 3 heteroatoms. The molecule has 0 spiro atoms. The van der Waals surface area contributed by atoms with Crippen molar-refractivity contribution in [3.63, 3.8) is 0 Å². The van der Waals surface area contributed by atoms with Crippen molar-refractivity contribution < 1.29 is 8.42 Å². The van der Waals surface area contributed by atoms with Crippen molar-refractivity contribution in [2.75, 3.05) is 0 Å². The molecule has 0 aliphatic heterocycles. The molecular formula is C16H24O2S. The van der Waals surface area contributed by atoms with Crippen LogP contribution >= 0.6 is 0 Å². The molecule has 1 saturated carbocycles. The molecule has 0 aromatic heterocycles. The number of hydrogen-bond donors (Lipinski definition) is 0. The first-order chi connectivity index (χ1) is 9.14. The fraction of sp³-hybridized carbons (Fsp3) is 0.625. The van der Waals surface area contributed by atoms with E-state index in [1.807, 2.05) is 12.1 Å². The average Bonchev–Trinajstić information content (AvgIpc) is 2.94. The first-order valence-electron chi connectivity index (χ1n) is 7.47. The van der Waals surface area contributed by atoms with E-state index in [1.165, 1.54) is 24.8 Å². The molecule has 0 heterocycles. The Morgan fingerprint density at radius 2 is 1.68 bits per heavy atom. The lowest BCUT2D eigenvalue weighted by Crippen LogP contribution is -2.17. The zero-order valence-electron chi connectivity index (χ0n) is 11.8. The van der Waals surface area contributed by atoms with E-state index in [4.69, 9.17) is 0 Å². The topological polar surface area (TPSA) is 34.1 Å². The minimum atomic E-state index is -3.08. The molecule has 0 atom stereocenters. The zero-order chi connectivity index (χ0) is 13.7. The molecule has 1 fully saturated rings. The van der Waals surface area contributed by atoms with Crippen LogP contribution in [0.1, 0.15) is 57.4 Å². The van der Waals surface area contributed by atoms with Crippen LogP contribution in [0.2, 0.25) is 0 Å². The van der Waals surface area contributed by atoms with Crippen molar-refractivity contribution in [3.05, 3.63) is 29.8 Å². The van der Waals surface area contributed by atoms with Gasteiger partial charge in [0, 0.05) is 0 Å². The van der Waals surface area contributed by atoms with Crippen molar-refractivity contribution in [3.8, 4) is 0 Å². The molecule has 19 heavy (non-hydrogen) atoms. The smallest absolute Gasteiger partial charge is 0.181 e. The monoisotopic (exact) mass is 280 g/mol. The van der Waals surface area contributed by atoms with E-state index in [9.17, 15) is 8.42 Å². The second kappa shape index (κ2) is 6.56. The fourth-order valence-electron chi connectivity index (χ4n) is 2.82. The average molecular weight is 280 g/mol. The van der Waals surface area contributed by atoms with Crippen LogP contribution in [0.15, 0.2) is 29.2 Å². The van der Waals surface area contributed by atoms with Gasteiger partial charge in [-0.15, -0.1) is 0 Å². The van der Waals surface area contributed by atoms with Gasteiger partial charge in [0.15, 0.2) is 9.84 Å². The largest absolute Gasteiger partial charge is 0.223 e. The first-order valence-corrected chi connectivity index (χ1v) is 9.02. The third-order valence-electron chi connectivity index (χ3n) is 4.06. The van der Waals surface area contributed by atoms with Crippen LogP contribution in [-0.4, -0.2) is 13.7 Å². The predicted octanol–water partition coefficient (Wildman–Crippen LogP) is 4.14. The number of sulfone groups is 1. The molecule has 0 saturated heterocycles. The van der Waals surface area contributed by atoms with Crippen molar-refractivity contribution in [1.29, 1.82) is 0 Å². The lowest BCUT2D eigenvalue weighted by atomic mass is 10.1. The van der Waals surface area contributed by atoms with Gasteiger partial charge in [0.25, 0.3) is 0 Å². The summed E-state index contributed by atoms with van der Waals surface area (Å²) in [5, 5.41) is -0.140. The van der Waals surface area contributed by atoms with E-state index in [0.29, 0.717) is 4.90 Å². The van der Waals surface area contributed by atoms with Gasteiger partial charge in [-0.2, -0.15) is 0 Å². The van der Waals surface area contributed by atoms with Crippen LogP contribution in [0.4, 0.5) is 0 Å². The van der Waals surface area contributed by atoms with Gasteiger partial charge in [0.2, 0.25) is 0 Å². The number of aryl methyl sites for hydroxylation is 1. The molecule has 1 aliphatic rings. The lowest BCUT2D eigenvalue weighted by Gasteiger charge is -2.11. The van der Waals surface area contributed by atoms with Crippen molar-refractivity contribution in [1.82, 2.24) is 0 Å². The zero-order valence-corrected chi connectivity index (χ0v) is 12.6. The quantitative estimate of drug-likeness (QED) is 0.734. The van der Waals surface area contributed by atoms with E-state index >= 15 is 0 Å². The molecule has 2 nitrogen and oxygen atoms in total. The maximum Gasteiger partial charge on any atom is 0.181 e. The van der Waals surface area contributed by atoms with E-state index in [0.717, 1.165) is 32.1 Å². The van der Waals surface area contributed by atoms with Crippen molar-refractivity contribution in [2.24, 2.45) is 0 Å². The third kappa shape index (κ3) is 3.59. The molecule has 106 valence electrons. The highest BCUT2D eigenvalue weighted by molar-refractivity contribution is 7.92. The predicted molar refractivity (Wildman–Crippen MR) is 79.1 cm³/mol. The van der Waals surface area contributed by atoms with E-state index in [2.05, 4.69) is 6.92 Å². The number of hydrogen-bond acceptors (Lipinski definition) is 2. The molecule has 0 radical (unpaired) electrons. The normalized spacial score (nSPS) is 16.9. The second-order valence-corrected chi connectivity index (χ2v) is 7.78. The summed E-state index contributed by atoms with van der Waals surface area (Å²) in [5.74, 6) is 0. The number of rotatable bonds is 6. The van der Waals surface area contributed by atoms with Crippen LogP contribution in [0.3, 0.4) is 0 Å². The highest BCUT2D eigenvalue weighted by Gasteiger charge is 2.29. The summed E-state index contributed by atoms with van der Waals surface area (Å²) in [6.45, 7) is 2.19. The standard InChI is InChI=1S/C16H24O2S/c1-2-3-4-7-14-10-12-16(13-11-14)19(17,18)15-8-5-6-9-15/h10-13,15H,2-9H2,1H3. The van der Waals surface area contributed by atoms with Crippen LogP contribution < -0.4 is 0 Å². The van der Waals surface area contributed by atoms with Gasteiger partial charge in [-0.3, -0.25) is 0 Å². The number of unbranched alkanes of at least 4 members (excludes halogenated alkanes) is 2. The SMILES string of the molecule is CCCCCc1ccc(S(=O)(=O)C2CCCC2)cc1. The molecule has 2 rings (SSSR count). The van der Waals surface area contributed by atoms with E-state index in [1.54, 1.807) is 12.1 Å². The fourth-order valence-corrected chi connectivity index (χ4v) is 4.67. The Morgan fingerprint density at radius 1 is 1.05 bits per heavy atom. The second-order valence-electron chi connectivity index (χ2n) is 5.55. The summed E-state index contributed by atoms with van der Waals surface area (Å²) in [5.41, 5.74) is 1.25. The molecule has 0 N–H and O–H groups in total. The van der Waals surface area contributed by atoms with Crippen molar-refractivity contribution >= 4 is 9.84 Å². The Hall–Kier alpha value is -0.830. The van der Waals surface area contributed by atoms with Gasteiger partial charge in [-0.1, -0.05) is 44.7 Å². The lowest BCUT2D eigenvalue weighted by molar-refractivity contribution is 0.579. The van der Waals surface area contributed by atoms with Gasteiger partial charge < -0.3 is 0 Å². The Morgan fingerprint density at radius 3 is 2.26 bits per heavy atom. The Kier molecular flexibility index (Phi) is 5.03. The van der Waals surface area contributed by atoms with Gasteiger partial charge in [0.05, 0.1) is 10.1 Å². The van der Waals surface area contributed by atoms with E-state index in [-0.39, 0.29) is 5.25 Å². The van der Waals surface area contributed by atoms with Crippen LogP contribution in [0, 0.1) is 0 Å². The van der Waals surface area contributed by atoms with Gasteiger partial charge in [-0.05, 0) is 43.4 Å². The minimum Gasteiger partial charge on any atom is -0.223 e. The maximum atomic E-state index is 12.4. The van der Waals surface area contributed by atoms with Gasteiger partial charge in [-0.25, -0.2) is 8.42 Å². The van der Waals surface area contributed by atoms with Crippen LogP contribution in [0.25, 0.3) is 0 Å². The summed E-state index contributed by atoms with van der Waals surface area (Å²) < 4.78 is 24.8. The Labute approximate surface area is 117 Å². The maximum absolute atomic E-state index is 12.4. The summed E-state index contributed by atoms with van der Waals surface area (Å²) in [6, 6.07) is 7.57. The summed E-state index contributed by atoms with van der Waals surface area (Å²) >= 11 is 0. The highest BCUT2D eigenvalue weighted by atomic mass is 32.2. The summed E-state index contributed by atoms with van der Waals surface area (Å²) in [7, 11) is -3.08. The van der Waals surface area contributed by atoms with Crippen LogP contribution in [-0.2, 0) is 16.3 Å². The molecule has 0 amide bonds. The Balaban J connectivity index is 2.05. The molecule has 0 bridgehead atoms. The molecule has 0 unspecified atom stereocenters. The van der Waals surface area contributed by atoms with Crippen molar-refractivity contribution in [2.45, 2.75) is 68.4 Å². The summed E-state index contributed by atoms with van der Waals surface area (Å²) in [4.78, 5) is 0.513. The molecular weight excluding hydrogens is 256 g/mol. The van der Waals surface area contributed by atoms with Crippen LogP contribution in [0.5, 0.6) is 0 Å². The Bertz CT molecular complexity index is 482. The van der Waals surface area contributed by atoms with E-state index < -0.39 is 9.84 Å². The molecule has 1 aromatic rings. The third-order valence-corrected chi connectivity index (χ3v) is 6.34. The summed E-state index contributed by atoms with van der Waals surface area (Å²) in [6.07, 6.45) is 8.47. The molecule has 1 aromatic carbocycles. The van der Waals surface area contributed by atoms with Gasteiger partial charge >= 0.3 is 0 Å². The highest BCUT2D eigenvalue weighted by Crippen LogP contribution is 2.29. The van der Waals surface area contributed by atoms with Gasteiger partial charge in [0.1, 0.15) is 0 Å². The minimum absolute atomic E-state index is 0.140. The number of benzene rings is 1. The molecule has 1 aliphatic carbocycles. The first kappa shape index (κ1) is 14.6.